The first kappa shape index (κ1) is 23.8. The number of hydrogen-bond donors (Lipinski definition) is 1. The maximum absolute atomic E-state index is 13.4. The van der Waals surface area contributed by atoms with E-state index in [2.05, 4.69) is 10.3 Å². The molecule has 1 aliphatic rings. The third-order valence-corrected chi connectivity index (χ3v) is 6.62. The number of benzene rings is 2. The highest BCUT2D eigenvalue weighted by atomic mass is 32.1. The van der Waals surface area contributed by atoms with Crippen molar-refractivity contribution in [2.75, 3.05) is 11.4 Å². The Morgan fingerprint density at radius 3 is 2.59 bits per heavy atom. The zero-order valence-electron chi connectivity index (χ0n) is 19.6. The van der Waals surface area contributed by atoms with Crippen molar-refractivity contribution in [3.05, 3.63) is 70.2 Å². The average Bonchev–Trinajstić information content (AvgIpc) is 3.30. The van der Waals surface area contributed by atoms with Crippen LogP contribution in [0.5, 0.6) is 11.5 Å². The van der Waals surface area contributed by atoms with Crippen molar-refractivity contribution in [1.82, 2.24) is 10.3 Å². The molecule has 1 atom stereocenters. The highest BCUT2D eigenvalue weighted by Gasteiger charge is 2.34. The molecule has 8 heteroatoms. The van der Waals surface area contributed by atoms with Gasteiger partial charge in [-0.25, -0.2) is 4.98 Å². The number of rotatable bonds is 8. The summed E-state index contributed by atoms with van der Waals surface area (Å²) >= 11 is 1.58. The predicted molar refractivity (Wildman–Crippen MR) is 133 cm³/mol. The van der Waals surface area contributed by atoms with E-state index in [1.54, 1.807) is 46.6 Å². The van der Waals surface area contributed by atoms with Crippen molar-refractivity contribution in [1.29, 1.82) is 0 Å². The van der Waals surface area contributed by atoms with E-state index in [0.717, 1.165) is 23.5 Å². The average molecular weight is 480 g/mol. The third-order valence-electron chi connectivity index (χ3n) is 5.80. The highest BCUT2D eigenvalue weighted by Crippen LogP contribution is 2.34. The third kappa shape index (κ3) is 5.39. The highest BCUT2D eigenvalue weighted by molar-refractivity contribution is 7.09. The first-order chi connectivity index (χ1) is 16.5. The van der Waals surface area contributed by atoms with E-state index in [1.807, 2.05) is 44.4 Å². The molecule has 7 nitrogen and oxygen atoms in total. The lowest BCUT2D eigenvalue weighted by atomic mass is 10.1. The van der Waals surface area contributed by atoms with Crippen LogP contribution in [0, 0.1) is 6.92 Å². The molecule has 0 fully saturated rings. The molecular formula is C26H29N3O4S. The van der Waals surface area contributed by atoms with Gasteiger partial charge < -0.3 is 19.7 Å². The molecular weight excluding hydrogens is 450 g/mol. The number of anilines is 1. The summed E-state index contributed by atoms with van der Waals surface area (Å²) in [6, 6.07) is 14.4. The van der Waals surface area contributed by atoms with Crippen molar-refractivity contribution in [3.8, 4) is 11.5 Å². The standard InChI is InChI=1S/C26H29N3O4S/c1-4-19(5-2)28-25(30)24-14-29(22-8-6-7-9-23(22)33-24)26(31)18-10-12-21(13-11-18)32-15-20-16-34-17(3)27-20/h6-13,16,19,24H,4-5,14-15H2,1-3H3,(H,28,30). The zero-order valence-corrected chi connectivity index (χ0v) is 20.4. The summed E-state index contributed by atoms with van der Waals surface area (Å²) in [5.41, 5.74) is 2.04. The smallest absolute Gasteiger partial charge is 0.263 e. The van der Waals surface area contributed by atoms with E-state index in [9.17, 15) is 9.59 Å². The van der Waals surface area contributed by atoms with Gasteiger partial charge in [0.2, 0.25) is 0 Å². The maximum atomic E-state index is 13.4. The Hall–Kier alpha value is -3.39. The van der Waals surface area contributed by atoms with Crippen molar-refractivity contribution >= 4 is 28.8 Å². The van der Waals surface area contributed by atoms with E-state index in [4.69, 9.17) is 9.47 Å². The van der Waals surface area contributed by atoms with Gasteiger partial charge in [-0.2, -0.15) is 0 Å². The Kier molecular flexibility index (Phi) is 7.47. The summed E-state index contributed by atoms with van der Waals surface area (Å²) < 4.78 is 11.8. The fourth-order valence-electron chi connectivity index (χ4n) is 3.83. The lowest BCUT2D eigenvalue weighted by molar-refractivity contribution is -0.128. The molecule has 1 aromatic heterocycles. The second kappa shape index (κ2) is 10.7. The number of nitrogens with zero attached hydrogens (tertiary/aromatic N) is 2. The molecule has 2 heterocycles. The maximum Gasteiger partial charge on any atom is 0.263 e. The van der Waals surface area contributed by atoms with Gasteiger partial charge in [-0.05, 0) is 56.2 Å². The molecule has 2 amide bonds. The van der Waals surface area contributed by atoms with Crippen molar-refractivity contribution in [2.45, 2.75) is 52.4 Å². The predicted octanol–water partition coefficient (Wildman–Crippen LogP) is 4.74. The van der Waals surface area contributed by atoms with E-state index < -0.39 is 6.10 Å². The molecule has 0 saturated carbocycles. The Bertz CT molecular complexity index is 1140. The number of nitrogens with one attached hydrogen (secondary N) is 1. The van der Waals surface area contributed by atoms with Gasteiger partial charge in [0, 0.05) is 17.0 Å². The molecule has 4 rings (SSSR count). The number of aryl methyl sites for hydroxylation is 1. The van der Waals surface area contributed by atoms with Crippen LogP contribution in [0.1, 0.15) is 47.7 Å². The number of amides is 2. The normalized spacial score (nSPS) is 14.9. The SMILES string of the molecule is CCC(CC)NC(=O)C1CN(C(=O)c2ccc(OCc3csc(C)n3)cc2)c2ccccc2O1. The van der Waals surface area contributed by atoms with Gasteiger partial charge in [-0.15, -0.1) is 11.3 Å². The summed E-state index contributed by atoms with van der Waals surface area (Å²) in [5.74, 6) is 0.775. The molecule has 1 unspecified atom stereocenters. The number of thiazole rings is 1. The van der Waals surface area contributed by atoms with Crippen LogP contribution in [0.4, 0.5) is 5.69 Å². The van der Waals surface area contributed by atoms with E-state index in [-0.39, 0.29) is 24.4 Å². The van der Waals surface area contributed by atoms with Gasteiger partial charge in [-0.3, -0.25) is 9.59 Å². The van der Waals surface area contributed by atoms with Gasteiger partial charge in [0.1, 0.15) is 18.1 Å². The quantitative estimate of drug-likeness (QED) is 0.505. The van der Waals surface area contributed by atoms with Gasteiger partial charge in [0.05, 0.1) is 22.9 Å². The summed E-state index contributed by atoms with van der Waals surface area (Å²) in [7, 11) is 0. The molecule has 0 aliphatic carbocycles. The Morgan fingerprint density at radius 2 is 1.91 bits per heavy atom. The fourth-order valence-corrected chi connectivity index (χ4v) is 4.43. The lowest BCUT2D eigenvalue weighted by Gasteiger charge is -2.34. The minimum absolute atomic E-state index is 0.0816. The number of hydrogen-bond acceptors (Lipinski definition) is 6. The first-order valence-electron chi connectivity index (χ1n) is 11.5. The number of ether oxygens (including phenoxy) is 2. The van der Waals surface area contributed by atoms with Crippen LogP contribution < -0.4 is 19.7 Å². The van der Waals surface area contributed by atoms with Gasteiger partial charge in [0.15, 0.2) is 6.10 Å². The van der Waals surface area contributed by atoms with Crippen molar-refractivity contribution in [3.63, 3.8) is 0 Å². The number of carbonyl (C=O) groups is 2. The van der Waals surface area contributed by atoms with Crippen LogP contribution in [0.3, 0.4) is 0 Å². The number of fused-ring (bicyclic) bond motifs is 1. The summed E-state index contributed by atoms with van der Waals surface area (Å²) in [4.78, 5) is 32.3. The van der Waals surface area contributed by atoms with E-state index in [1.165, 1.54) is 0 Å². The monoisotopic (exact) mass is 479 g/mol. The summed E-state index contributed by atoms with van der Waals surface area (Å²) in [6.07, 6.45) is 0.902. The van der Waals surface area contributed by atoms with Gasteiger partial charge >= 0.3 is 0 Å². The topological polar surface area (TPSA) is 80.8 Å². The van der Waals surface area contributed by atoms with E-state index in [0.29, 0.717) is 29.4 Å². The molecule has 0 spiro atoms. The minimum atomic E-state index is -0.774. The molecule has 2 aromatic carbocycles. The van der Waals surface area contributed by atoms with Crippen molar-refractivity contribution < 1.29 is 19.1 Å². The molecule has 1 N–H and O–H groups in total. The largest absolute Gasteiger partial charge is 0.487 e. The van der Waals surface area contributed by atoms with E-state index >= 15 is 0 Å². The molecule has 0 bridgehead atoms. The molecule has 0 radical (unpaired) electrons. The Balaban J connectivity index is 1.48. The first-order valence-corrected chi connectivity index (χ1v) is 12.4. The summed E-state index contributed by atoms with van der Waals surface area (Å²) in [5, 5.41) is 6.00. The van der Waals surface area contributed by atoms with Crippen LogP contribution >= 0.6 is 11.3 Å². The number of para-hydroxylation sites is 2. The molecule has 178 valence electrons. The molecule has 1 aliphatic heterocycles. The van der Waals surface area contributed by atoms with Crippen LogP contribution in [0.2, 0.25) is 0 Å². The van der Waals surface area contributed by atoms with Crippen molar-refractivity contribution in [2.24, 2.45) is 0 Å². The Morgan fingerprint density at radius 1 is 1.18 bits per heavy atom. The minimum Gasteiger partial charge on any atom is -0.487 e. The number of aromatic nitrogens is 1. The van der Waals surface area contributed by atoms with Crippen LogP contribution in [0.15, 0.2) is 53.9 Å². The van der Waals surface area contributed by atoms with Crippen LogP contribution in [-0.2, 0) is 11.4 Å². The second-order valence-electron chi connectivity index (χ2n) is 8.18. The van der Waals surface area contributed by atoms with Crippen LogP contribution in [-0.4, -0.2) is 35.5 Å². The Labute approximate surface area is 203 Å². The van der Waals surface area contributed by atoms with Gasteiger partial charge in [-0.1, -0.05) is 26.0 Å². The lowest BCUT2D eigenvalue weighted by Crippen LogP contribution is -2.52. The molecule has 3 aromatic rings. The zero-order chi connectivity index (χ0) is 24.1. The number of carbonyl (C=O) groups excluding carboxylic acids is 2. The second-order valence-corrected chi connectivity index (χ2v) is 9.25. The van der Waals surface area contributed by atoms with Gasteiger partial charge in [0.25, 0.3) is 11.8 Å². The molecule has 0 saturated heterocycles. The summed E-state index contributed by atoms with van der Waals surface area (Å²) in [6.45, 7) is 6.54. The fraction of sp³-hybridized carbons (Fsp3) is 0.346. The molecule has 34 heavy (non-hydrogen) atoms. The van der Waals surface area contributed by atoms with Crippen LogP contribution in [0.25, 0.3) is 0 Å².